The predicted molar refractivity (Wildman–Crippen MR) is 130 cm³/mol. The number of aromatic amines is 1. The second-order valence-electron chi connectivity index (χ2n) is 7.44. The number of thiophene rings is 1. The van der Waals surface area contributed by atoms with Gasteiger partial charge in [-0.2, -0.15) is 0 Å². The van der Waals surface area contributed by atoms with Gasteiger partial charge in [-0.25, -0.2) is 0 Å². The van der Waals surface area contributed by atoms with E-state index in [1.165, 1.54) is 11.3 Å². The number of benzene rings is 2. The Morgan fingerprint density at radius 2 is 1.94 bits per heavy atom. The van der Waals surface area contributed by atoms with Gasteiger partial charge in [0.25, 0.3) is 5.56 Å². The fourth-order valence-corrected chi connectivity index (χ4v) is 4.84. The van der Waals surface area contributed by atoms with E-state index in [9.17, 15) is 4.79 Å². The number of H-pyrrole nitrogens is 1. The average Bonchev–Trinajstić information content (AvgIpc) is 3.29. The van der Waals surface area contributed by atoms with Crippen molar-refractivity contribution >= 4 is 32.3 Å². The van der Waals surface area contributed by atoms with E-state index in [-0.39, 0.29) is 5.56 Å². The molecule has 0 aliphatic heterocycles. The molecule has 0 saturated heterocycles. The highest BCUT2D eigenvalue weighted by atomic mass is 32.1. The molecule has 0 radical (unpaired) electrons. The van der Waals surface area contributed by atoms with Gasteiger partial charge in [-0.3, -0.25) is 4.79 Å². The Bertz CT molecular complexity index is 1240. The minimum atomic E-state index is -0.0566. The lowest BCUT2D eigenvalue weighted by Crippen LogP contribution is -2.25. The number of nitrogens with zero attached hydrogens (tertiary/aromatic N) is 1. The van der Waals surface area contributed by atoms with E-state index in [2.05, 4.69) is 35.9 Å². The molecular weight excluding hydrogens is 408 g/mol. The molecule has 4 aromatic rings. The van der Waals surface area contributed by atoms with Crippen LogP contribution in [0.25, 0.3) is 32.1 Å². The van der Waals surface area contributed by atoms with Gasteiger partial charge in [-0.05, 0) is 60.8 Å². The smallest absolute Gasteiger partial charge is 0.266 e. The Kier molecular flexibility index (Phi) is 6.59. The Morgan fingerprint density at radius 3 is 2.71 bits per heavy atom. The fraction of sp³-hybridized carbons (Fsp3) is 0.320. The molecule has 0 unspecified atom stereocenters. The molecule has 0 aliphatic rings. The first kappa shape index (κ1) is 21.4. The van der Waals surface area contributed by atoms with Gasteiger partial charge in [0.15, 0.2) is 0 Å². The summed E-state index contributed by atoms with van der Waals surface area (Å²) in [7, 11) is 1.68. The zero-order valence-corrected chi connectivity index (χ0v) is 19.1. The summed E-state index contributed by atoms with van der Waals surface area (Å²) in [5.41, 5.74) is 2.72. The van der Waals surface area contributed by atoms with Crippen molar-refractivity contribution < 1.29 is 9.47 Å². The molecule has 2 aromatic heterocycles. The normalized spacial score (nSPS) is 11.5. The van der Waals surface area contributed by atoms with Crippen LogP contribution in [0.4, 0.5) is 0 Å². The monoisotopic (exact) mass is 436 g/mol. The van der Waals surface area contributed by atoms with Crippen LogP contribution in [0.5, 0.6) is 11.5 Å². The van der Waals surface area contributed by atoms with Gasteiger partial charge in [0.05, 0.1) is 13.7 Å². The fourth-order valence-electron chi connectivity index (χ4n) is 4.04. The third-order valence-electron chi connectivity index (χ3n) is 5.68. The van der Waals surface area contributed by atoms with E-state index in [0.717, 1.165) is 69.7 Å². The van der Waals surface area contributed by atoms with Gasteiger partial charge in [-0.1, -0.05) is 26.0 Å². The van der Waals surface area contributed by atoms with Crippen LogP contribution in [0.3, 0.4) is 0 Å². The Hall–Kier alpha value is -2.83. The molecule has 0 atom stereocenters. The molecule has 0 aliphatic carbocycles. The van der Waals surface area contributed by atoms with E-state index >= 15 is 0 Å². The van der Waals surface area contributed by atoms with Crippen molar-refractivity contribution in [1.29, 1.82) is 0 Å². The van der Waals surface area contributed by atoms with Crippen molar-refractivity contribution in [2.45, 2.75) is 20.3 Å². The molecule has 6 heteroatoms. The van der Waals surface area contributed by atoms with E-state index < -0.39 is 0 Å². The lowest BCUT2D eigenvalue weighted by Gasteiger charge is -2.18. The molecular formula is C25H28N2O3S. The van der Waals surface area contributed by atoms with E-state index in [0.29, 0.717) is 6.61 Å². The summed E-state index contributed by atoms with van der Waals surface area (Å²) in [6.45, 7) is 8.20. The number of hydrogen-bond acceptors (Lipinski definition) is 5. The third-order valence-corrected chi connectivity index (χ3v) is 6.59. The summed E-state index contributed by atoms with van der Waals surface area (Å²) < 4.78 is 12.5. The zero-order valence-electron chi connectivity index (χ0n) is 18.2. The zero-order chi connectivity index (χ0) is 21.8. The Balaban J connectivity index is 1.71. The summed E-state index contributed by atoms with van der Waals surface area (Å²) in [5, 5.41) is 3.90. The molecule has 1 N–H and O–H groups in total. The van der Waals surface area contributed by atoms with Crippen molar-refractivity contribution in [3.63, 3.8) is 0 Å². The third kappa shape index (κ3) is 4.31. The van der Waals surface area contributed by atoms with Crippen molar-refractivity contribution in [2.75, 3.05) is 33.4 Å². The summed E-state index contributed by atoms with van der Waals surface area (Å²) in [4.78, 5) is 17.9. The Labute approximate surface area is 186 Å². The van der Waals surface area contributed by atoms with E-state index in [1.54, 1.807) is 7.11 Å². The van der Waals surface area contributed by atoms with Crippen LogP contribution in [-0.2, 0) is 0 Å². The second kappa shape index (κ2) is 9.54. The first-order valence-corrected chi connectivity index (χ1v) is 11.6. The second-order valence-corrected chi connectivity index (χ2v) is 8.36. The van der Waals surface area contributed by atoms with Gasteiger partial charge < -0.3 is 19.4 Å². The van der Waals surface area contributed by atoms with Gasteiger partial charge >= 0.3 is 0 Å². The van der Waals surface area contributed by atoms with Crippen LogP contribution in [0, 0.1) is 0 Å². The highest BCUT2D eigenvalue weighted by molar-refractivity contribution is 7.17. The SMILES string of the molecule is CCN(CC)CCCOc1cccc(-c2c(OC)ccc3[nH]c(=O)c4sccc4c23)c1. The summed E-state index contributed by atoms with van der Waals surface area (Å²) in [6.07, 6.45) is 0.986. The largest absolute Gasteiger partial charge is 0.496 e. The van der Waals surface area contributed by atoms with Crippen molar-refractivity contribution in [1.82, 2.24) is 9.88 Å². The highest BCUT2D eigenvalue weighted by Gasteiger charge is 2.16. The topological polar surface area (TPSA) is 54.6 Å². The molecule has 0 bridgehead atoms. The molecule has 31 heavy (non-hydrogen) atoms. The maximum absolute atomic E-state index is 12.4. The molecule has 2 heterocycles. The van der Waals surface area contributed by atoms with E-state index in [4.69, 9.17) is 9.47 Å². The van der Waals surface area contributed by atoms with Gasteiger partial charge in [0, 0.05) is 28.4 Å². The maximum atomic E-state index is 12.4. The van der Waals surface area contributed by atoms with Crippen molar-refractivity contribution in [3.05, 3.63) is 58.2 Å². The van der Waals surface area contributed by atoms with Crippen molar-refractivity contribution in [3.8, 4) is 22.6 Å². The molecule has 0 amide bonds. The minimum absolute atomic E-state index is 0.0566. The first-order valence-electron chi connectivity index (χ1n) is 10.7. The lowest BCUT2D eigenvalue weighted by atomic mass is 9.97. The molecule has 0 saturated carbocycles. The van der Waals surface area contributed by atoms with Crippen LogP contribution < -0.4 is 15.0 Å². The van der Waals surface area contributed by atoms with Gasteiger partial charge in [0.2, 0.25) is 0 Å². The summed E-state index contributed by atoms with van der Waals surface area (Å²) in [6, 6.07) is 13.9. The number of aromatic nitrogens is 1. The number of methoxy groups -OCH3 is 1. The molecule has 0 spiro atoms. The molecule has 2 aromatic carbocycles. The minimum Gasteiger partial charge on any atom is -0.496 e. The summed E-state index contributed by atoms with van der Waals surface area (Å²) in [5.74, 6) is 1.60. The number of pyridine rings is 1. The standard InChI is InChI=1S/C25H28N2O3S/c1-4-27(5-2)13-7-14-30-18-9-6-8-17(16-18)22-21(29-3)11-10-20-23(22)19-12-15-31-24(19)25(28)26-20/h6,8-12,15-16H,4-5,7,13-14H2,1-3H3,(H,26,28). The highest BCUT2D eigenvalue weighted by Crippen LogP contribution is 2.41. The van der Waals surface area contributed by atoms with Gasteiger partial charge in [0.1, 0.15) is 16.2 Å². The number of fused-ring (bicyclic) bond motifs is 3. The van der Waals surface area contributed by atoms with Crippen LogP contribution in [0.15, 0.2) is 52.6 Å². The quantitative estimate of drug-likeness (QED) is 0.351. The van der Waals surface area contributed by atoms with Crippen LogP contribution in [0.2, 0.25) is 0 Å². The van der Waals surface area contributed by atoms with Crippen molar-refractivity contribution in [2.24, 2.45) is 0 Å². The van der Waals surface area contributed by atoms with E-state index in [1.807, 2.05) is 35.7 Å². The molecule has 0 fully saturated rings. The predicted octanol–water partition coefficient (Wildman–Crippen LogP) is 5.53. The molecule has 5 nitrogen and oxygen atoms in total. The maximum Gasteiger partial charge on any atom is 0.266 e. The summed E-state index contributed by atoms with van der Waals surface area (Å²) >= 11 is 1.46. The van der Waals surface area contributed by atoms with Crippen LogP contribution in [-0.4, -0.2) is 43.2 Å². The van der Waals surface area contributed by atoms with Crippen LogP contribution in [0.1, 0.15) is 20.3 Å². The number of ether oxygens (including phenoxy) is 2. The number of nitrogens with one attached hydrogen (secondary N) is 1. The Morgan fingerprint density at radius 1 is 1.10 bits per heavy atom. The first-order chi connectivity index (χ1) is 15.2. The number of rotatable bonds is 9. The van der Waals surface area contributed by atoms with Gasteiger partial charge in [-0.15, -0.1) is 11.3 Å². The molecule has 4 rings (SSSR count). The van der Waals surface area contributed by atoms with Crippen LogP contribution >= 0.6 is 11.3 Å². The average molecular weight is 437 g/mol. The number of hydrogen-bond donors (Lipinski definition) is 1. The lowest BCUT2D eigenvalue weighted by molar-refractivity contribution is 0.249. The molecule has 162 valence electrons.